The second-order valence-corrected chi connectivity index (χ2v) is 5.23. The number of halogens is 1. The van der Waals surface area contributed by atoms with Gasteiger partial charge in [-0.25, -0.2) is 0 Å². The molecular formula is C14H16BrN3O2. The largest absolute Gasteiger partial charge is 0.485 e. The summed E-state index contributed by atoms with van der Waals surface area (Å²) in [5.74, 6) is 0.507. The molecule has 1 heterocycles. The van der Waals surface area contributed by atoms with Crippen LogP contribution in [0.15, 0.2) is 28.7 Å². The van der Waals surface area contributed by atoms with Gasteiger partial charge in [0.1, 0.15) is 12.4 Å². The van der Waals surface area contributed by atoms with Gasteiger partial charge in [0.15, 0.2) is 0 Å². The molecule has 0 saturated heterocycles. The Kier molecular flexibility index (Phi) is 4.44. The Morgan fingerprint density at radius 3 is 2.75 bits per heavy atom. The molecule has 2 aromatic rings. The van der Waals surface area contributed by atoms with Gasteiger partial charge >= 0.3 is 0 Å². The maximum absolute atomic E-state index is 11.2. The fourth-order valence-corrected chi connectivity index (χ4v) is 2.32. The van der Waals surface area contributed by atoms with Crippen LogP contribution in [-0.2, 0) is 18.4 Å². The lowest BCUT2D eigenvalue weighted by atomic mass is 10.3. The average molecular weight is 338 g/mol. The highest BCUT2D eigenvalue weighted by Crippen LogP contribution is 2.26. The van der Waals surface area contributed by atoms with Crippen molar-refractivity contribution in [2.45, 2.75) is 20.5 Å². The van der Waals surface area contributed by atoms with Gasteiger partial charge in [0, 0.05) is 14.0 Å². The van der Waals surface area contributed by atoms with Crippen molar-refractivity contribution in [3.05, 3.63) is 40.1 Å². The molecule has 1 aromatic carbocycles. The molecule has 0 aliphatic carbocycles. The molecule has 0 spiro atoms. The van der Waals surface area contributed by atoms with Crippen molar-refractivity contribution in [2.75, 3.05) is 5.32 Å². The molecule has 0 radical (unpaired) electrons. The number of anilines is 1. The summed E-state index contributed by atoms with van der Waals surface area (Å²) in [6.07, 6.45) is 0. The summed E-state index contributed by atoms with van der Waals surface area (Å²) < 4.78 is 8.51. The van der Waals surface area contributed by atoms with E-state index < -0.39 is 0 Å². The number of carbonyl (C=O) groups is 1. The highest BCUT2D eigenvalue weighted by molar-refractivity contribution is 9.10. The molecule has 0 aliphatic heterocycles. The Morgan fingerprint density at radius 2 is 2.15 bits per heavy atom. The van der Waals surface area contributed by atoms with E-state index in [1.807, 2.05) is 32.2 Å². The summed E-state index contributed by atoms with van der Waals surface area (Å²) in [6.45, 7) is 3.77. The zero-order chi connectivity index (χ0) is 14.7. The third kappa shape index (κ3) is 3.19. The second-order valence-electron chi connectivity index (χ2n) is 4.44. The minimum Gasteiger partial charge on any atom is -0.485 e. The fraction of sp³-hybridized carbons (Fsp3) is 0.286. The Labute approximate surface area is 126 Å². The first-order chi connectivity index (χ1) is 9.49. The molecule has 1 N–H and O–H groups in total. The molecule has 5 nitrogen and oxygen atoms in total. The predicted octanol–water partition coefficient (Wildman–Crippen LogP) is 3.03. The van der Waals surface area contributed by atoms with Crippen LogP contribution in [0.2, 0.25) is 0 Å². The summed E-state index contributed by atoms with van der Waals surface area (Å²) in [7, 11) is 1.87. The number of aryl methyl sites for hydroxylation is 2. The van der Waals surface area contributed by atoms with E-state index in [9.17, 15) is 4.79 Å². The lowest BCUT2D eigenvalue weighted by Gasteiger charge is -2.12. The molecule has 0 bridgehead atoms. The van der Waals surface area contributed by atoms with Crippen LogP contribution >= 0.6 is 15.9 Å². The van der Waals surface area contributed by atoms with Crippen molar-refractivity contribution >= 4 is 27.5 Å². The number of rotatable bonds is 4. The molecule has 0 saturated carbocycles. The van der Waals surface area contributed by atoms with Crippen LogP contribution in [-0.4, -0.2) is 15.7 Å². The number of hydrogen-bond donors (Lipinski definition) is 1. The van der Waals surface area contributed by atoms with Gasteiger partial charge in [-0.2, -0.15) is 5.10 Å². The number of nitrogens with zero attached hydrogens (tertiary/aromatic N) is 2. The van der Waals surface area contributed by atoms with Gasteiger partial charge in [-0.1, -0.05) is 12.1 Å². The Hall–Kier alpha value is -1.82. The van der Waals surface area contributed by atoms with Crippen molar-refractivity contribution in [3.63, 3.8) is 0 Å². The van der Waals surface area contributed by atoms with E-state index in [1.165, 1.54) is 6.92 Å². The third-order valence-corrected chi connectivity index (χ3v) is 3.86. The minimum atomic E-state index is -0.126. The van der Waals surface area contributed by atoms with Crippen molar-refractivity contribution in [3.8, 4) is 5.75 Å². The van der Waals surface area contributed by atoms with Crippen LogP contribution in [0.4, 0.5) is 5.69 Å². The lowest BCUT2D eigenvalue weighted by molar-refractivity contribution is -0.114. The number of hydrogen-bond acceptors (Lipinski definition) is 3. The van der Waals surface area contributed by atoms with Crippen LogP contribution in [0.5, 0.6) is 5.75 Å². The molecule has 2 rings (SSSR count). The topological polar surface area (TPSA) is 56.1 Å². The summed E-state index contributed by atoms with van der Waals surface area (Å²) in [6, 6.07) is 7.34. The molecule has 0 atom stereocenters. The second kappa shape index (κ2) is 6.09. The van der Waals surface area contributed by atoms with Gasteiger partial charge in [0.25, 0.3) is 0 Å². The van der Waals surface area contributed by atoms with Gasteiger partial charge in [-0.15, -0.1) is 0 Å². The summed E-state index contributed by atoms with van der Waals surface area (Å²) in [5, 5.41) is 7.06. The summed E-state index contributed by atoms with van der Waals surface area (Å²) in [4.78, 5) is 11.2. The van der Waals surface area contributed by atoms with Gasteiger partial charge in [-0.3, -0.25) is 9.48 Å². The number of ether oxygens (including phenoxy) is 1. The highest BCUT2D eigenvalue weighted by Gasteiger charge is 2.12. The standard InChI is InChI=1S/C14H16BrN3O2/c1-9-14(15)12(18(3)17-9)8-20-13-7-5-4-6-11(13)16-10(2)19/h4-7H,8H2,1-3H3,(H,16,19). The first-order valence-electron chi connectivity index (χ1n) is 6.16. The number of aromatic nitrogens is 2. The fourth-order valence-electron chi connectivity index (χ4n) is 1.87. The summed E-state index contributed by atoms with van der Waals surface area (Å²) in [5.41, 5.74) is 2.52. The first-order valence-corrected chi connectivity index (χ1v) is 6.95. The molecule has 0 aliphatic rings. The predicted molar refractivity (Wildman–Crippen MR) is 80.7 cm³/mol. The molecule has 0 unspecified atom stereocenters. The van der Waals surface area contributed by atoms with Crippen molar-refractivity contribution in [1.82, 2.24) is 9.78 Å². The minimum absolute atomic E-state index is 0.126. The van der Waals surface area contributed by atoms with E-state index in [0.717, 1.165) is 15.9 Å². The van der Waals surface area contributed by atoms with Gasteiger partial charge in [0.2, 0.25) is 5.91 Å². The number of nitrogens with one attached hydrogen (secondary N) is 1. The van der Waals surface area contributed by atoms with Crippen LogP contribution in [0.1, 0.15) is 18.3 Å². The molecule has 6 heteroatoms. The van der Waals surface area contributed by atoms with Gasteiger partial charge < -0.3 is 10.1 Å². The monoisotopic (exact) mass is 337 g/mol. The van der Waals surface area contributed by atoms with Crippen LogP contribution < -0.4 is 10.1 Å². The quantitative estimate of drug-likeness (QED) is 0.932. The van der Waals surface area contributed by atoms with Gasteiger partial charge in [0.05, 0.1) is 21.5 Å². The Bertz CT molecular complexity index is 637. The molecule has 1 amide bonds. The van der Waals surface area contributed by atoms with Crippen molar-refractivity contribution in [2.24, 2.45) is 7.05 Å². The normalized spacial score (nSPS) is 10.4. The lowest BCUT2D eigenvalue weighted by Crippen LogP contribution is -2.09. The molecule has 20 heavy (non-hydrogen) atoms. The number of carbonyl (C=O) groups excluding carboxylic acids is 1. The maximum Gasteiger partial charge on any atom is 0.221 e. The third-order valence-electron chi connectivity index (χ3n) is 2.82. The first kappa shape index (κ1) is 14.6. The Balaban J connectivity index is 2.17. The number of amides is 1. The highest BCUT2D eigenvalue weighted by atomic mass is 79.9. The zero-order valence-corrected chi connectivity index (χ0v) is 13.2. The van der Waals surface area contributed by atoms with E-state index >= 15 is 0 Å². The number of benzene rings is 1. The van der Waals surface area contributed by atoms with Crippen LogP contribution in [0, 0.1) is 6.92 Å². The zero-order valence-electron chi connectivity index (χ0n) is 11.6. The van der Waals surface area contributed by atoms with E-state index in [-0.39, 0.29) is 5.91 Å². The molecule has 1 aromatic heterocycles. The Morgan fingerprint density at radius 1 is 1.45 bits per heavy atom. The van der Waals surface area contributed by atoms with Crippen molar-refractivity contribution in [1.29, 1.82) is 0 Å². The SMILES string of the molecule is CC(=O)Nc1ccccc1OCc1c(Br)c(C)nn1C. The van der Waals surface area contributed by atoms with Crippen molar-refractivity contribution < 1.29 is 9.53 Å². The smallest absolute Gasteiger partial charge is 0.221 e. The van der Waals surface area contributed by atoms with Gasteiger partial charge in [-0.05, 0) is 35.0 Å². The molecular weight excluding hydrogens is 322 g/mol. The van der Waals surface area contributed by atoms with E-state index in [4.69, 9.17) is 4.74 Å². The molecule has 106 valence electrons. The van der Waals surface area contributed by atoms with E-state index in [1.54, 1.807) is 10.7 Å². The van der Waals surface area contributed by atoms with Crippen LogP contribution in [0.3, 0.4) is 0 Å². The number of para-hydroxylation sites is 2. The molecule has 0 fully saturated rings. The van der Waals surface area contributed by atoms with E-state index in [0.29, 0.717) is 18.0 Å². The maximum atomic E-state index is 11.2. The summed E-state index contributed by atoms with van der Waals surface area (Å²) >= 11 is 3.50. The van der Waals surface area contributed by atoms with E-state index in [2.05, 4.69) is 26.3 Å². The van der Waals surface area contributed by atoms with Crippen LogP contribution in [0.25, 0.3) is 0 Å². The average Bonchev–Trinajstić information content (AvgIpc) is 2.62.